The fraction of sp³-hybridized carbons (Fsp3) is 0.111. The number of non-ortho nitro benzene ring substituents is 1. The molecule has 0 aliphatic carbocycles. The van der Waals surface area contributed by atoms with Crippen molar-refractivity contribution in [3.05, 3.63) is 68.6 Å². The molecule has 2 aliphatic heterocycles. The van der Waals surface area contributed by atoms with Gasteiger partial charge in [-0.25, -0.2) is 0 Å². The van der Waals surface area contributed by atoms with E-state index in [4.69, 9.17) is 21.7 Å². The largest absolute Gasteiger partial charge is 0.454 e. The smallest absolute Gasteiger partial charge is 0.269 e. The van der Waals surface area contributed by atoms with E-state index in [1.165, 1.54) is 28.8 Å². The molecule has 27 heavy (non-hydrogen) atoms. The summed E-state index contributed by atoms with van der Waals surface area (Å²) in [6.07, 6.45) is 1.68. The number of amides is 1. The van der Waals surface area contributed by atoms with Crippen molar-refractivity contribution in [1.82, 2.24) is 4.90 Å². The van der Waals surface area contributed by atoms with Gasteiger partial charge in [0, 0.05) is 12.1 Å². The molecule has 0 radical (unpaired) electrons. The molecule has 1 saturated heterocycles. The molecule has 0 aromatic heterocycles. The molecule has 2 aromatic rings. The molecule has 2 aliphatic rings. The second-order valence-corrected chi connectivity index (χ2v) is 7.48. The number of ether oxygens (including phenoxy) is 2. The number of nitro benzene ring substituents is 1. The van der Waals surface area contributed by atoms with Gasteiger partial charge in [-0.1, -0.05) is 30.0 Å². The van der Waals surface area contributed by atoms with Crippen molar-refractivity contribution >= 4 is 46.0 Å². The minimum atomic E-state index is -0.464. The molecular formula is C18H12N2O5S2. The second kappa shape index (κ2) is 7.01. The molecule has 4 rings (SSSR count). The maximum atomic E-state index is 12.7. The number of carbonyl (C=O) groups is 1. The van der Waals surface area contributed by atoms with Crippen LogP contribution in [0, 0.1) is 10.1 Å². The Kier molecular flexibility index (Phi) is 4.54. The topological polar surface area (TPSA) is 81.9 Å². The number of rotatable bonds is 4. The van der Waals surface area contributed by atoms with Crippen LogP contribution in [0.1, 0.15) is 11.1 Å². The number of hydrogen-bond acceptors (Lipinski definition) is 7. The van der Waals surface area contributed by atoms with Crippen molar-refractivity contribution in [2.24, 2.45) is 0 Å². The fourth-order valence-corrected chi connectivity index (χ4v) is 3.96. The van der Waals surface area contributed by atoms with Crippen LogP contribution in [-0.4, -0.2) is 26.8 Å². The van der Waals surface area contributed by atoms with Gasteiger partial charge in [-0.3, -0.25) is 19.8 Å². The van der Waals surface area contributed by atoms with E-state index >= 15 is 0 Å². The molecule has 0 saturated carbocycles. The van der Waals surface area contributed by atoms with E-state index < -0.39 is 4.92 Å². The van der Waals surface area contributed by atoms with Crippen LogP contribution in [0.5, 0.6) is 11.5 Å². The molecule has 7 nitrogen and oxygen atoms in total. The molecule has 1 amide bonds. The zero-order valence-corrected chi connectivity index (χ0v) is 15.4. The third-order valence-electron chi connectivity index (χ3n) is 4.05. The quantitative estimate of drug-likeness (QED) is 0.335. The van der Waals surface area contributed by atoms with Crippen LogP contribution in [0.15, 0.2) is 47.4 Å². The van der Waals surface area contributed by atoms with Gasteiger partial charge in [0.15, 0.2) is 11.5 Å². The molecule has 2 aromatic carbocycles. The first kappa shape index (κ1) is 17.5. The summed E-state index contributed by atoms with van der Waals surface area (Å²) >= 11 is 6.56. The predicted molar refractivity (Wildman–Crippen MR) is 104 cm³/mol. The van der Waals surface area contributed by atoms with Crippen molar-refractivity contribution in [3.8, 4) is 11.5 Å². The van der Waals surface area contributed by atoms with Gasteiger partial charge in [-0.05, 0) is 41.5 Å². The lowest BCUT2D eigenvalue weighted by Gasteiger charge is -2.14. The lowest BCUT2D eigenvalue weighted by atomic mass is 10.1. The van der Waals surface area contributed by atoms with E-state index in [0.717, 1.165) is 5.56 Å². The summed E-state index contributed by atoms with van der Waals surface area (Å²) in [5, 5.41) is 10.7. The van der Waals surface area contributed by atoms with Crippen LogP contribution in [0.2, 0.25) is 0 Å². The van der Waals surface area contributed by atoms with Crippen molar-refractivity contribution in [1.29, 1.82) is 0 Å². The van der Waals surface area contributed by atoms with Gasteiger partial charge < -0.3 is 9.47 Å². The number of carbonyl (C=O) groups excluding carboxylic acids is 1. The van der Waals surface area contributed by atoms with E-state index in [-0.39, 0.29) is 18.4 Å². The third-order valence-corrected chi connectivity index (χ3v) is 5.43. The summed E-state index contributed by atoms with van der Waals surface area (Å²) in [6, 6.07) is 11.5. The fourth-order valence-electron chi connectivity index (χ4n) is 2.70. The Morgan fingerprint density at radius 1 is 1.19 bits per heavy atom. The molecule has 0 unspecified atom stereocenters. The minimum absolute atomic E-state index is 0.00232. The van der Waals surface area contributed by atoms with Crippen molar-refractivity contribution in [2.45, 2.75) is 6.54 Å². The van der Waals surface area contributed by atoms with Crippen molar-refractivity contribution in [2.75, 3.05) is 6.79 Å². The number of nitro groups is 1. The standard InChI is InChI=1S/C18H12N2O5S2/c21-17-16(8-11-1-4-13(5-2-11)20(22)23)27-18(26)19(17)9-12-3-6-14-15(7-12)25-10-24-14/h1-8H,9-10H2. The van der Waals surface area contributed by atoms with Crippen molar-refractivity contribution in [3.63, 3.8) is 0 Å². The van der Waals surface area contributed by atoms with Crippen LogP contribution in [0.25, 0.3) is 6.08 Å². The average molecular weight is 400 g/mol. The Labute approximate surface area is 163 Å². The van der Waals surface area contributed by atoms with E-state index in [0.29, 0.717) is 32.8 Å². The van der Waals surface area contributed by atoms with Crippen LogP contribution in [0.4, 0.5) is 5.69 Å². The number of thioether (sulfide) groups is 1. The zero-order valence-electron chi connectivity index (χ0n) is 13.8. The predicted octanol–water partition coefficient (Wildman–Crippen LogP) is 3.72. The van der Waals surface area contributed by atoms with Gasteiger partial charge in [0.1, 0.15) is 4.32 Å². The Bertz CT molecular complexity index is 988. The monoisotopic (exact) mass is 400 g/mol. The highest BCUT2D eigenvalue weighted by molar-refractivity contribution is 8.26. The van der Waals surface area contributed by atoms with Crippen LogP contribution < -0.4 is 9.47 Å². The summed E-state index contributed by atoms with van der Waals surface area (Å²) in [6.45, 7) is 0.525. The number of benzene rings is 2. The SMILES string of the molecule is O=C1C(=Cc2ccc([N+](=O)[O-])cc2)SC(=S)N1Cc1ccc2c(c1)OCO2. The van der Waals surface area contributed by atoms with Gasteiger partial charge in [0.25, 0.3) is 11.6 Å². The maximum absolute atomic E-state index is 12.7. The number of fused-ring (bicyclic) bond motifs is 1. The summed E-state index contributed by atoms with van der Waals surface area (Å²) in [5.41, 5.74) is 1.58. The Morgan fingerprint density at radius 3 is 2.67 bits per heavy atom. The molecule has 136 valence electrons. The third kappa shape index (κ3) is 3.51. The Morgan fingerprint density at radius 2 is 1.93 bits per heavy atom. The molecule has 0 N–H and O–H groups in total. The molecular weight excluding hydrogens is 388 g/mol. The summed E-state index contributed by atoms with van der Waals surface area (Å²) in [7, 11) is 0. The Hall–Kier alpha value is -2.91. The first-order valence-corrected chi connectivity index (χ1v) is 9.12. The van der Waals surface area contributed by atoms with Gasteiger partial charge in [0.05, 0.1) is 16.4 Å². The highest BCUT2D eigenvalue weighted by atomic mass is 32.2. The highest BCUT2D eigenvalue weighted by Gasteiger charge is 2.32. The molecule has 9 heteroatoms. The number of nitrogens with zero attached hydrogens (tertiary/aromatic N) is 2. The van der Waals surface area contributed by atoms with Crippen LogP contribution >= 0.6 is 24.0 Å². The normalized spacial score (nSPS) is 17.0. The maximum Gasteiger partial charge on any atom is 0.269 e. The minimum Gasteiger partial charge on any atom is -0.454 e. The van der Waals surface area contributed by atoms with E-state index in [1.54, 1.807) is 18.2 Å². The summed E-state index contributed by atoms with van der Waals surface area (Å²) in [4.78, 5) is 25.0. The van der Waals surface area contributed by atoms with Crippen LogP contribution in [-0.2, 0) is 11.3 Å². The van der Waals surface area contributed by atoms with Crippen molar-refractivity contribution < 1.29 is 19.2 Å². The van der Waals surface area contributed by atoms with Gasteiger partial charge in [0.2, 0.25) is 6.79 Å². The van der Waals surface area contributed by atoms with E-state index in [1.807, 2.05) is 18.2 Å². The molecule has 0 spiro atoms. The van der Waals surface area contributed by atoms with E-state index in [9.17, 15) is 14.9 Å². The second-order valence-electron chi connectivity index (χ2n) is 5.80. The van der Waals surface area contributed by atoms with E-state index in [2.05, 4.69) is 0 Å². The van der Waals surface area contributed by atoms with Gasteiger partial charge in [-0.15, -0.1) is 0 Å². The highest BCUT2D eigenvalue weighted by Crippen LogP contribution is 2.36. The van der Waals surface area contributed by atoms with Gasteiger partial charge in [-0.2, -0.15) is 0 Å². The summed E-state index contributed by atoms with van der Waals surface area (Å²) < 4.78 is 11.1. The number of thiocarbonyl (C=S) groups is 1. The Balaban J connectivity index is 1.52. The number of hydrogen-bond donors (Lipinski definition) is 0. The van der Waals surface area contributed by atoms with Gasteiger partial charge >= 0.3 is 0 Å². The molecule has 2 heterocycles. The lowest BCUT2D eigenvalue weighted by molar-refractivity contribution is -0.384. The van der Waals surface area contributed by atoms with Crippen LogP contribution in [0.3, 0.4) is 0 Å². The molecule has 0 atom stereocenters. The summed E-state index contributed by atoms with van der Waals surface area (Å²) in [5.74, 6) is 1.14. The molecule has 0 bridgehead atoms. The lowest BCUT2D eigenvalue weighted by Crippen LogP contribution is -2.27. The first-order chi connectivity index (χ1) is 13.0. The average Bonchev–Trinajstić information content (AvgIpc) is 3.22. The molecule has 1 fully saturated rings. The first-order valence-electron chi connectivity index (χ1n) is 7.89. The zero-order chi connectivity index (χ0) is 19.0.